The molecule has 2 rings (SSSR count). The van der Waals surface area contributed by atoms with Gasteiger partial charge in [0, 0.05) is 29.8 Å². The normalized spacial score (nSPS) is 10.1. The predicted octanol–water partition coefficient (Wildman–Crippen LogP) is 2.56. The van der Waals surface area contributed by atoms with Crippen molar-refractivity contribution in [2.24, 2.45) is 0 Å². The number of aromatic nitrogens is 2. The lowest BCUT2D eigenvalue weighted by atomic mass is 10.1. The first kappa shape index (κ1) is 10.8. The summed E-state index contributed by atoms with van der Waals surface area (Å²) in [6.45, 7) is 0. The molecule has 0 fully saturated rings. The summed E-state index contributed by atoms with van der Waals surface area (Å²) in [5.41, 5.74) is 1.22. The van der Waals surface area contributed by atoms with Gasteiger partial charge in [-0.3, -0.25) is 14.8 Å². The number of carbonyl (C=O) groups excluding carboxylic acids is 1. The van der Waals surface area contributed by atoms with E-state index >= 15 is 0 Å². The maximum absolute atomic E-state index is 11.9. The molecule has 0 aliphatic rings. The Morgan fingerprint density at radius 3 is 2.81 bits per heavy atom. The third-order valence-electron chi connectivity index (χ3n) is 2.14. The zero-order valence-electron chi connectivity index (χ0n) is 8.43. The van der Waals surface area contributed by atoms with Crippen LogP contribution in [0.3, 0.4) is 0 Å². The third kappa shape index (κ3) is 2.44. The number of nitrogens with zero attached hydrogens (tertiary/aromatic N) is 2. The van der Waals surface area contributed by atoms with Crippen LogP contribution in [-0.2, 0) is 6.42 Å². The van der Waals surface area contributed by atoms with Gasteiger partial charge in [0.05, 0.1) is 11.4 Å². The molecule has 16 heavy (non-hydrogen) atoms. The van der Waals surface area contributed by atoms with E-state index in [9.17, 15) is 4.79 Å². The third-order valence-corrected chi connectivity index (χ3v) is 2.44. The number of pyridine rings is 2. The Kier molecular flexibility index (Phi) is 3.27. The zero-order chi connectivity index (χ0) is 11.4. The summed E-state index contributed by atoms with van der Waals surface area (Å²) in [5, 5.41) is 0.378. The van der Waals surface area contributed by atoms with E-state index in [-0.39, 0.29) is 12.2 Å². The van der Waals surface area contributed by atoms with Crippen molar-refractivity contribution < 1.29 is 4.79 Å². The minimum atomic E-state index is -0.0499. The Morgan fingerprint density at radius 2 is 2.12 bits per heavy atom. The lowest BCUT2D eigenvalue weighted by Crippen LogP contribution is -2.05. The van der Waals surface area contributed by atoms with Crippen molar-refractivity contribution in [3.05, 3.63) is 59.1 Å². The Morgan fingerprint density at radius 1 is 1.25 bits per heavy atom. The van der Waals surface area contributed by atoms with Crippen LogP contribution in [-0.4, -0.2) is 15.8 Å². The Hall–Kier alpha value is -1.74. The standard InChI is InChI=1S/C12H9ClN2O/c13-11-8-14-6-4-10(11)12(16)7-9-3-1-2-5-15-9/h1-6,8H,7H2. The summed E-state index contributed by atoms with van der Waals surface area (Å²) in [6.07, 6.45) is 4.94. The molecule has 2 heterocycles. The quantitative estimate of drug-likeness (QED) is 0.764. The van der Waals surface area contributed by atoms with Gasteiger partial charge in [-0.15, -0.1) is 0 Å². The van der Waals surface area contributed by atoms with Crippen molar-refractivity contribution in [2.45, 2.75) is 6.42 Å². The molecule has 0 amide bonds. The van der Waals surface area contributed by atoms with Crippen molar-refractivity contribution >= 4 is 17.4 Å². The van der Waals surface area contributed by atoms with Crippen LogP contribution < -0.4 is 0 Å². The average Bonchev–Trinajstić information content (AvgIpc) is 2.31. The first-order chi connectivity index (χ1) is 7.77. The topological polar surface area (TPSA) is 42.9 Å². The summed E-state index contributed by atoms with van der Waals surface area (Å²) in [5.74, 6) is -0.0499. The molecule has 2 aromatic heterocycles. The van der Waals surface area contributed by atoms with Crippen LogP contribution in [0.1, 0.15) is 16.1 Å². The second-order valence-electron chi connectivity index (χ2n) is 3.28. The lowest BCUT2D eigenvalue weighted by Gasteiger charge is -2.02. The Bertz CT molecular complexity index is 499. The van der Waals surface area contributed by atoms with Crippen molar-refractivity contribution in [3.8, 4) is 0 Å². The molecule has 0 bridgehead atoms. The predicted molar refractivity (Wildman–Crippen MR) is 61.5 cm³/mol. The fourth-order valence-corrected chi connectivity index (χ4v) is 1.59. The molecule has 4 heteroatoms. The first-order valence-corrected chi connectivity index (χ1v) is 5.18. The highest BCUT2D eigenvalue weighted by atomic mass is 35.5. The molecule has 0 N–H and O–H groups in total. The molecule has 0 unspecified atom stereocenters. The second kappa shape index (κ2) is 4.86. The summed E-state index contributed by atoms with van der Waals surface area (Å²) < 4.78 is 0. The highest BCUT2D eigenvalue weighted by Gasteiger charge is 2.10. The van der Waals surface area contributed by atoms with Crippen LogP contribution >= 0.6 is 11.6 Å². The fourth-order valence-electron chi connectivity index (χ4n) is 1.36. The van der Waals surface area contributed by atoms with E-state index in [0.717, 1.165) is 5.69 Å². The average molecular weight is 233 g/mol. The number of halogens is 1. The number of Topliss-reactive ketones (excluding diaryl/α,β-unsaturated/α-hetero) is 1. The van der Waals surface area contributed by atoms with Gasteiger partial charge in [0.25, 0.3) is 0 Å². The van der Waals surface area contributed by atoms with Crippen LogP contribution in [0.15, 0.2) is 42.9 Å². The SMILES string of the molecule is O=C(Cc1ccccn1)c1ccncc1Cl. The first-order valence-electron chi connectivity index (χ1n) is 4.80. The summed E-state index contributed by atoms with van der Waals surface area (Å²) >= 11 is 5.88. The van der Waals surface area contributed by atoms with Crippen LogP contribution in [0, 0.1) is 0 Å². The summed E-state index contributed by atoms with van der Waals surface area (Å²) in [4.78, 5) is 19.8. The summed E-state index contributed by atoms with van der Waals surface area (Å²) in [6, 6.07) is 7.10. The highest BCUT2D eigenvalue weighted by Crippen LogP contribution is 2.15. The van der Waals surface area contributed by atoms with E-state index in [1.54, 1.807) is 18.5 Å². The molecule has 0 aromatic carbocycles. The molecule has 2 aromatic rings. The van der Waals surface area contributed by atoms with E-state index in [1.807, 2.05) is 18.2 Å². The van der Waals surface area contributed by atoms with Gasteiger partial charge in [0.1, 0.15) is 0 Å². The highest BCUT2D eigenvalue weighted by molar-refractivity contribution is 6.33. The maximum Gasteiger partial charge on any atom is 0.170 e. The van der Waals surface area contributed by atoms with Crippen molar-refractivity contribution in [1.82, 2.24) is 9.97 Å². The monoisotopic (exact) mass is 232 g/mol. The van der Waals surface area contributed by atoms with Crippen LogP contribution in [0.4, 0.5) is 0 Å². The molecular weight excluding hydrogens is 224 g/mol. The van der Waals surface area contributed by atoms with Gasteiger partial charge < -0.3 is 0 Å². The van der Waals surface area contributed by atoms with E-state index in [2.05, 4.69) is 9.97 Å². The number of ketones is 1. The number of hydrogen-bond donors (Lipinski definition) is 0. The minimum absolute atomic E-state index is 0.0499. The lowest BCUT2D eigenvalue weighted by molar-refractivity contribution is 0.0992. The largest absolute Gasteiger partial charge is 0.294 e. The molecule has 0 atom stereocenters. The minimum Gasteiger partial charge on any atom is -0.294 e. The Balaban J connectivity index is 2.19. The zero-order valence-corrected chi connectivity index (χ0v) is 9.19. The van der Waals surface area contributed by atoms with Gasteiger partial charge in [-0.25, -0.2) is 0 Å². The summed E-state index contributed by atoms with van der Waals surface area (Å²) in [7, 11) is 0. The van der Waals surface area contributed by atoms with Gasteiger partial charge in [-0.2, -0.15) is 0 Å². The van der Waals surface area contributed by atoms with Gasteiger partial charge >= 0.3 is 0 Å². The number of rotatable bonds is 3. The number of carbonyl (C=O) groups is 1. The van der Waals surface area contributed by atoms with E-state index in [1.165, 1.54) is 6.20 Å². The van der Waals surface area contributed by atoms with Crippen LogP contribution in [0.5, 0.6) is 0 Å². The fraction of sp³-hybridized carbons (Fsp3) is 0.0833. The molecule has 0 aliphatic heterocycles. The molecule has 0 radical (unpaired) electrons. The molecule has 0 spiro atoms. The van der Waals surface area contributed by atoms with Crippen LogP contribution in [0.2, 0.25) is 5.02 Å². The molecule has 0 aliphatic carbocycles. The van der Waals surface area contributed by atoms with Crippen molar-refractivity contribution in [2.75, 3.05) is 0 Å². The molecule has 0 saturated carbocycles. The molecular formula is C12H9ClN2O. The molecule has 0 saturated heterocycles. The second-order valence-corrected chi connectivity index (χ2v) is 3.68. The smallest absolute Gasteiger partial charge is 0.170 e. The Labute approximate surface area is 98.1 Å². The van der Waals surface area contributed by atoms with Gasteiger partial charge in [0.15, 0.2) is 5.78 Å². The van der Waals surface area contributed by atoms with Gasteiger partial charge in [0.2, 0.25) is 0 Å². The van der Waals surface area contributed by atoms with E-state index in [4.69, 9.17) is 11.6 Å². The van der Waals surface area contributed by atoms with Crippen molar-refractivity contribution in [3.63, 3.8) is 0 Å². The van der Waals surface area contributed by atoms with E-state index < -0.39 is 0 Å². The van der Waals surface area contributed by atoms with Crippen LogP contribution in [0.25, 0.3) is 0 Å². The number of hydrogen-bond acceptors (Lipinski definition) is 3. The van der Waals surface area contributed by atoms with Crippen molar-refractivity contribution in [1.29, 1.82) is 0 Å². The van der Waals surface area contributed by atoms with Gasteiger partial charge in [-0.05, 0) is 18.2 Å². The maximum atomic E-state index is 11.9. The van der Waals surface area contributed by atoms with E-state index in [0.29, 0.717) is 10.6 Å². The van der Waals surface area contributed by atoms with Gasteiger partial charge in [-0.1, -0.05) is 17.7 Å². The molecule has 3 nitrogen and oxygen atoms in total. The molecule has 80 valence electrons.